The SMILES string of the molecule is O=C(NC1CCCCC1)N1C[C@@H]2N[C@H](C1)C2c1ccc(-c2cccc(F)c2)cc1. The molecule has 3 atom stereocenters. The summed E-state index contributed by atoms with van der Waals surface area (Å²) in [4.78, 5) is 14.6. The van der Waals surface area contributed by atoms with Crippen LogP contribution < -0.4 is 10.6 Å². The fourth-order valence-corrected chi connectivity index (χ4v) is 5.24. The van der Waals surface area contributed by atoms with E-state index in [1.165, 1.54) is 30.9 Å². The molecule has 1 aliphatic carbocycles. The van der Waals surface area contributed by atoms with Crippen molar-refractivity contribution in [1.82, 2.24) is 15.5 Å². The lowest BCUT2D eigenvalue weighted by molar-refractivity contribution is 0.0694. The van der Waals surface area contributed by atoms with Gasteiger partial charge in [-0.25, -0.2) is 9.18 Å². The molecule has 0 aromatic heterocycles. The minimum absolute atomic E-state index is 0.105. The van der Waals surface area contributed by atoms with Crippen LogP contribution in [0.3, 0.4) is 0 Å². The van der Waals surface area contributed by atoms with Gasteiger partial charge in [0.05, 0.1) is 0 Å². The van der Waals surface area contributed by atoms with E-state index in [1.54, 1.807) is 12.1 Å². The molecule has 3 saturated heterocycles. The Morgan fingerprint density at radius 3 is 2.38 bits per heavy atom. The van der Waals surface area contributed by atoms with E-state index in [1.807, 2.05) is 11.0 Å². The van der Waals surface area contributed by atoms with Crippen molar-refractivity contribution >= 4 is 6.03 Å². The maximum Gasteiger partial charge on any atom is 0.317 e. The van der Waals surface area contributed by atoms with Crippen LogP contribution in [0.4, 0.5) is 9.18 Å². The normalized spacial score (nSPS) is 26.7. The molecule has 6 rings (SSSR count). The minimum Gasteiger partial charge on any atom is -0.335 e. The summed E-state index contributed by atoms with van der Waals surface area (Å²) in [5.41, 5.74) is 3.22. The molecule has 2 aromatic carbocycles. The molecule has 4 nitrogen and oxygen atoms in total. The van der Waals surface area contributed by atoms with Gasteiger partial charge in [-0.2, -0.15) is 0 Å². The van der Waals surface area contributed by atoms with Crippen LogP contribution in [-0.4, -0.2) is 42.1 Å². The Bertz CT molecular complexity index is 866. The summed E-state index contributed by atoms with van der Waals surface area (Å²) in [6.45, 7) is 1.51. The van der Waals surface area contributed by atoms with Crippen LogP contribution in [0, 0.1) is 5.82 Å². The molecule has 4 fully saturated rings. The lowest BCUT2D eigenvalue weighted by Crippen LogP contribution is -2.73. The number of fused-ring (bicyclic) bond motifs is 2. The first-order chi connectivity index (χ1) is 14.2. The van der Waals surface area contributed by atoms with Gasteiger partial charge in [0, 0.05) is 37.1 Å². The summed E-state index contributed by atoms with van der Waals surface area (Å²) in [5, 5.41) is 6.84. The Morgan fingerprint density at radius 1 is 0.966 bits per heavy atom. The summed E-state index contributed by atoms with van der Waals surface area (Å²) < 4.78 is 13.5. The van der Waals surface area contributed by atoms with Crippen LogP contribution in [-0.2, 0) is 0 Å². The Hall–Kier alpha value is -2.40. The van der Waals surface area contributed by atoms with Crippen molar-refractivity contribution in [3.05, 3.63) is 59.9 Å². The highest BCUT2D eigenvalue weighted by atomic mass is 19.1. The van der Waals surface area contributed by atoms with Crippen LogP contribution in [0.15, 0.2) is 48.5 Å². The molecule has 29 heavy (non-hydrogen) atoms. The van der Waals surface area contributed by atoms with Gasteiger partial charge in [-0.05, 0) is 41.7 Å². The summed E-state index contributed by atoms with van der Waals surface area (Å²) in [5.74, 6) is 0.228. The lowest BCUT2D eigenvalue weighted by Gasteiger charge is -2.54. The fraction of sp³-hybridized carbons (Fsp3) is 0.458. The highest BCUT2D eigenvalue weighted by Crippen LogP contribution is 2.37. The van der Waals surface area contributed by atoms with E-state index in [0.717, 1.165) is 37.1 Å². The van der Waals surface area contributed by atoms with Crippen molar-refractivity contribution in [3.63, 3.8) is 0 Å². The van der Waals surface area contributed by atoms with E-state index in [2.05, 4.69) is 34.9 Å². The number of piperidine rings is 1. The Morgan fingerprint density at radius 2 is 1.69 bits per heavy atom. The number of urea groups is 1. The van der Waals surface area contributed by atoms with Gasteiger partial charge in [-0.15, -0.1) is 0 Å². The van der Waals surface area contributed by atoms with E-state index in [-0.39, 0.29) is 11.8 Å². The highest BCUT2D eigenvalue weighted by molar-refractivity contribution is 5.75. The first-order valence-electron chi connectivity index (χ1n) is 10.8. The van der Waals surface area contributed by atoms with Crippen LogP contribution in [0.1, 0.15) is 43.6 Å². The number of nitrogens with zero attached hydrogens (tertiary/aromatic N) is 1. The second-order valence-electron chi connectivity index (χ2n) is 8.73. The van der Waals surface area contributed by atoms with E-state index in [0.29, 0.717) is 24.0 Å². The molecule has 152 valence electrons. The Labute approximate surface area is 171 Å². The number of carbonyl (C=O) groups excluding carboxylic acids is 1. The van der Waals surface area contributed by atoms with Crippen molar-refractivity contribution < 1.29 is 9.18 Å². The highest BCUT2D eigenvalue weighted by Gasteiger charge is 2.48. The van der Waals surface area contributed by atoms with Crippen LogP contribution in [0.5, 0.6) is 0 Å². The van der Waals surface area contributed by atoms with Gasteiger partial charge in [0.1, 0.15) is 5.82 Å². The number of amides is 2. The zero-order valence-electron chi connectivity index (χ0n) is 16.6. The van der Waals surface area contributed by atoms with Gasteiger partial charge in [0.2, 0.25) is 0 Å². The monoisotopic (exact) mass is 393 g/mol. The van der Waals surface area contributed by atoms with Crippen molar-refractivity contribution in [3.8, 4) is 11.1 Å². The molecule has 5 heteroatoms. The number of hydrogen-bond acceptors (Lipinski definition) is 2. The molecular formula is C24H28FN3O. The van der Waals surface area contributed by atoms with Crippen LogP contribution in [0.25, 0.3) is 11.1 Å². The van der Waals surface area contributed by atoms with E-state index in [4.69, 9.17) is 0 Å². The smallest absolute Gasteiger partial charge is 0.317 e. The molecule has 0 radical (unpaired) electrons. The third-order valence-electron chi connectivity index (χ3n) is 6.80. The molecule has 1 unspecified atom stereocenters. The average molecular weight is 394 g/mol. The maximum absolute atomic E-state index is 13.5. The summed E-state index contributed by atoms with van der Waals surface area (Å²) in [7, 11) is 0. The largest absolute Gasteiger partial charge is 0.335 e. The zero-order chi connectivity index (χ0) is 19.8. The maximum atomic E-state index is 13.5. The van der Waals surface area contributed by atoms with Gasteiger partial charge in [-0.1, -0.05) is 55.7 Å². The average Bonchev–Trinajstić information content (AvgIpc) is 2.75. The number of rotatable bonds is 3. The Kier molecular flexibility index (Phi) is 5.00. The van der Waals surface area contributed by atoms with E-state index >= 15 is 0 Å². The first kappa shape index (κ1) is 18.6. The van der Waals surface area contributed by atoms with E-state index < -0.39 is 0 Å². The second kappa shape index (κ2) is 7.79. The minimum atomic E-state index is -0.212. The van der Waals surface area contributed by atoms with Gasteiger partial charge in [-0.3, -0.25) is 0 Å². The van der Waals surface area contributed by atoms with Gasteiger partial charge < -0.3 is 15.5 Å². The molecule has 2 amide bonds. The molecule has 1 saturated carbocycles. The third kappa shape index (κ3) is 3.76. The lowest BCUT2D eigenvalue weighted by atomic mass is 9.74. The fourth-order valence-electron chi connectivity index (χ4n) is 5.24. The molecule has 2 bridgehead atoms. The first-order valence-corrected chi connectivity index (χ1v) is 10.8. The van der Waals surface area contributed by atoms with Gasteiger partial charge in [0.25, 0.3) is 0 Å². The topological polar surface area (TPSA) is 44.4 Å². The summed E-state index contributed by atoms with van der Waals surface area (Å²) in [6.07, 6.45) is 5.98. The molecule has 4 aliphatic rings. The van der Waals surface area contributed by atoms with Crippen molar-refractivity contribution in [1.29, 1.82) is 0 Å². The van der Waals surface area contributed by atoms with Crippen LogP contribution in [0.2, 0.25) is 0 Å². The number of hydrogen-bond donors (Lipinski definition) is 2. The van der Waals surface area contributed by atoms with Crippen molar-refractivity contribution in [2.24, 2.45) is 0 Å². The molecule has 0 spiro atoms. The number of nitrogens with one attached hydrogen (secondary N) is 2. The molecule has 3 heterocycles. The van der Waals surface area contributed by atoms with Crippen LogP contribution >= 0.6 is 0 Å². The molecule has 2 N–H and O–H groups in total. The van der Waals surface area contributed by atoms with Crippen molar-refractivity contribution in [2.45, 2.75) is 56.1 Å². The summed E-state index contributed by atoms with van der Waals surface area (Å²) >= 11 is 0. The second-order valence-corrected chi connectivity index (χ2v) is 8.73. The Balaban J connectivity index is 1.21. The predicted octanol–water partition coefficient (Wildman–Crippen LogP) is 4.27. The zero-order valence-corrected chi connectivity index (χ0v) is 16.6. The van der Waals surface area contributed by atoms with Gasteiger partial charge in [0.15, 0.2) is 0 Å². The molecular weight excluding hydrogens is 365 g/mol. The number of halogens is 1. The quantitative estimate of drug-likeness (QED) is 0.818. The van der Waals surface area contributed by atoms with Gasteiger partial charge >= 0.3 is 6.03 Å². The predicted molar refractivity (Wildman–Crippen MR) is 112 cm³/mol. The molecule has 2 aromatic rings. The number of benzene rings is 2. The number of carbonyl (C=O) groups is 1. The third-order valence-corrected chi connectivity index (χ3v) is 6.80. The summed E-state index contributed by atoms with van der Waals surface area (Å²) in [6, 6.07) is 16.3. The van der Waals surface area contributed by atoms with Crippen molar-refractivity contribution in [2.75, 3.05) is 13.1 Å². The number of piperazine rings is 1. The van der Waals surface area contributed by atoms with E-state index in [9.17, 15) is 9.18 Å². The standard InChI is InChI=1S/C24H28FN3O/c25-19-6-4-5-18(13-19)16-9-11-17(12-10-16)23-21-14-28(15-22(23)27-21)24(29)26-20-7-2-1-3-8-20/h4-6,9-13,20-23,27H,1-3,7-8,14-15H2,(H,26,29)/t21-,22+,23?. The molecule has 3 aliphatic heterocycles.